The van der Waals surface area contributed by atoms with Gasteiger partial charge in [0.05, 0.1) is 5.69 Å². The molecule has 0 atom stereocenters. The maximum Gasteiger partial charge on any atom is 0.328 e. The number of rotatable bonds is 4. The summed E-state index contributed by atoms with van der Waals surface area (Å²) in [5.41, 5.74) is 0.435. The molecule has 2 amide bonds. The second-order valence-corrected chi connectivity index (χ2v) is 3.40. The number of benzene rings is 1. The Morgan fingerprint density at radius 3 is 2.72 bits per heavy atom. The molecule has 1 aromatic rings. The van der Waals surface area contributed by atoms with Crippen molar-refractivity contribution in [1.82, 2.24) is 5.32 Å². The van der Waals surface area contributed by atoms with Crippen LogP contribution in [0.25, 0.3) is 6.08 Å². The lowest BCUT2D eigenvalue weighted by Crippen LogP contribution is -2.28. The molecular formula is C12H13FN2O3. The fraction of sp³-hybridized carbons (Fsp3) is 0.167. The van der Waals surface area contributed by atoms with Gasteiger partial charge in [0.2, 0.25) is 0 Å². The Morgan fingerprint density at radius 1 is 1.44 bits per heavy atom. The minimum absolute atomic E-state index is 0.0356. The van der Waals surface area contributed by atoms with Crippen LogP contribution in [0.5, 0.6) is 0 Å². The Balaban J connectivity index is 2.79. The molecule has 0 spiro atoms. The van der Waals surface area contributed by atoms with E-state index < -0.39 is 17.8 Å². The van der Waals surface area contributed by atoms with E-state index in [0.29, 0.717) is 12.1 Å². The molecule has 0 saturated heterocycles. The molecule has 0 saturated carbocycles. The molecule has 1 rings (SSSR count). The van der Waals surface area contributed by atoms with Gasteiger partial charge in [-0.25, -0.2) is 14.0 Å². The number of hydrogen-bond acceptors (Lipinski definition) is 2. The summed E-state index contributed by atoms with van der Waals surface area (Å²) in [4.78, 5) is 21.5. The van der Waals surface area contributed by atoms with Crippen molar-refractivity contribution in [2.24, 2.45) is 0 Å². The highest BCUT2D eigenvalue weighted by molar-refractivity contribution is 5.89. The number of carbonyl (C=O) groups excluding carboxylic acids is 1. The molecule has 0 bridgehead atoms. The molecule has 0 aromatic heterocycles. The third kappa shape index (κ3) is 4.25. The lowest BCUT2D eigenvalue weighted by molar-refractivity contribution is -0.131. The quantitative estimate of drug-likeness (QED) is 0.718. The number of amides is 2. The summed E-state index contributed by atoms with van der Waals surface area (Å²) in [6, 6.07) is 3.52. The molecule has 0 aliphatic heterocycles. The highest BCUT2D eigenvalue weighted by atomic mass is 19.1. The van der Waals surface area contributed by atoms with Gasteiger partial charge in [0, 0.05) is 12.6 Å². The number of carboxylic acids is 1. The van der Waals surface area contributed by atoms with Gasteiger partial charge in [-0.3, -0.25) is 0 Å². The fourth-order valence-electron chi connectivity index (χ4n) is 1.23. The molecule has 0 aliphatic carbocycles. The Morgan fingerprint density at radius 2 is 2.17 bits per heavy atom. The topological polar surface area (TPSA) is 78.4 Å². The van der Waals surface area contributed by atoms with E-state index in [1.807, 2.05) is 0 Å². The van der Waals surface area contributed by atoms with Gasteiger partial charge in [-0.2, -0.15) is 0 Å². The van der Waals surface area contributed by atoms with Crippen LogP contribution in [0, 0.1) is 5.82 Å². The SMILES string of the molecule is CCNC(=O)Nc1ccc(/C=C/C(=O)O)cc1F. The molecule has 0 heterocycles. The average Bonchev–Trinajstić information content (AvgIpc) is 2.30. The highest BCUT2D eigenvalue weighted by Crippen LogP contribution is 2.16. The van der Waals surface area contributed by atoms with Crippen LogP contribution >= 0.6 is 0 Å². The minimum atomic E-state index is -1.11. The van der Waals surface area contributed by atoms with Crippen molar-refractivity contribution >= 4 is 23.8 Å². The van der Waals surface area contributed by atoms with Crippen molar-refractivity contribution in [3.63, 3.8) is 0 Å². The van der Waals surface area contributed by atoms with Gasteiger partial charge in [-0.15, -0.1) is 0 Å². The van der Waals surface area contributed by atoms with Crippen LogP contribution in [0.2, 0.25) is 0 Å². The first-order chi connectivity index (χ1) is 8.52. The monoisotopic (exact) mass is 252 g/mol. The summed E-state index contributed by atoms with van der Waals surface area (Å²) in [6.07, 6.45) is 2.17. The van der Waals surface area contributed by atoms with E-state index in [1.165, 1.54) is 18.2 Å². The summed E-state index contributed by atoms with van der Waals surface area (Å²) in [5.74, 6) is -1.74. The predicted molar refractivity (Wildman–Crippen MR) is 65.8 cm³/mol. The second kappa shape index (κ2) is 6.39. The van der Waals surface area contributed by atoms with E-state index in [4.69, 9.17) is 5.11 Å². The number of carboxylic acid groups (broad SMARTS) is 1. The summed E-state index contributed by atoms with van der Waals surface area (Å²) >= 11 is 0. The lowest BCUT2D eigenvalue weighted by Gasteiger charge is -2.07. The van der Waals surface area contributed by atoms with Crippen LogP contribution < -0.4 is 10.6 Å². The van der Waals surface area contributed by atoms with Gasteiger partial charge in [0.1, 0.15) is 5.82 Å². The smallest absolute Gasteiger partial charge is 0.328 e. The summed E-state index contributed by atoms with van der Waals surface area (Å²) in [5, 5.41) is 13.2. The Hall–Kier alpha value is -2.37. The molecule has 96 valence electrons. The number of halogens is 1. The average molecular weight is 252 g/mol. The zero-order valence-corrected chi connectivity index (χ0v) is 9.74. The van der Waals surface area contributed by atoms with Crippen molar-refractivity contribution in [2.45, 2.75) is 6.92 Å². The molecule has 0 radical (unpaired) electrons. The van der Waals surface area contributed by atoms with Gasteiger partial charge in [0.15, 0.2) is 0 Å². The van der Waals surface area contributed by atoms with Gasteiger partial charge in [-0.1, -0.05) is 6.07 Å². The van der Waals surface area contributed by atoms with Gasteiger partial charge < -0.3 is 15.7 Å². The zero-order chi connectivity index (χ0) is 13.5. The van der Waals surface area contributed by atoms with Gasteiger partial charge in [-0.05, 0) is 30.7 Å². The number of carbonyl (C=O) groups is 2. The number of aliphatic carboxylic acids is 1. The minimum Gasteiger partial charge on any atom is -0.478 e. The second-order valence-electron chi connectivity index (χ2n) is 3.40. The van der Waals surface area contributed by atoms with Gasteiger partial charge in [0.25, 0.3) is 0 Å². The first-order valence-electron chi connectivity index (χ1n) is 5.28. The lowest BCUT2D eigenvalue weighted by atomic mass is 10.2. The summed E-state index contributed by atoms with van der Waals surface area (Å²) < 4.78 is 13.6. The standard InChI is InChI=1S/C12H13FN2O3/c1-2-14-12(18)15-10-5-3-8(7-9(10)13)4-6-11(16)17/h3-7H,2H2,1H3,(H,16,17)(H2,14,15,18)/b6-4+. The molecule has 3 N–H and O–H groups in total. The van der Waals surface area contributed by atoms with Crippen LogP contribution in [0.4, 0.5) is 14.9 Å². The first-order valence-corrected chi connectivity index (χ1v) is 5.28. The maximum atomic E-state index is 13.6. The third-order valence-electron chi connectivity index (χ3n) is 2.00. The molecule has 1 aromatic carbocycles. The zero-order valence-electron chi connectivity index (χ0n) is 9.74. The van der Waals surface area contributed by atoms with E-state index in [0.717, 1.165) is 12.1 Å². The van der Waals surface area contributed by atoms with Crippen molar-refractivity contribution in [3.8, 4) is 0 Å². The molecule has 0 aliphatic rings. The van der Waals surface area contributed by atoms with Crippen molar-refractivity contribution in [3.05, 3.63) is 35.7 Å². The Labute approximate surface area is 103 Å². The van der Waals surface area contributed by atoms with Crippen molar-refractivity contribution < 1.29 is 19.1 Å². The Kier molecular flexibility index (Phi) is 4.86. The molecule has 0 unspecified atom stereocenters. The number of nitrogens with one attached hydrogen (secondary N) is 2. The van der Waals surface area contributed by atoms with E-state index in [1.54, 1.807) is 6.92 Å². The van der Waals surface area contributed by atoms with E-state index in [2.05, 4.69) is 10.6 Å². The normalized spacial score (nSPS) is 10.3. The van der Waals surface area contributed by atoms with E-state index in [-0.39, 0.29) is 5.69 Å². The molecular weight excluding hydrogens is 239 g/mol. The van der Waals surface area contributed by atoms with E-state index >= 15 is 0 Å². The Bertz CT molecular complexity index is 486. The molecule has 5 nitrogen and oxygen atoms in total. The first kappa shape index (κ1) is 13.7. The fourth-order valence-corrected chi connectivity index (χ4v) is 1.23. The van der Waals surface area contributed by atoms with E-state index in [9.17, 15) is 14.0 Å². The van der Waals surface area contributed by atoms with Crippen LogP contribution in [-0.4, -0.2) is 23.7 Å². The molecule has 0 fully saturated rings. The number of hydrogen-bond donors (Lipinski definition) is 3. The highest BCUT2D eigenvalue weighted by Gasteiger charge is 2.06. The molecule has 18 heavy (non-hydrogen) atoms. The van der Waals surface area contributed by atoms with Crippen molar-refractivity contribution in [1.29, 1.82) is 0 Å². The van der Waals surface area contributed by atoms with Crippen LogP contribution in [0.1, 0.15) is 12.5 Å². The predicted octanol–water partition coefficient (Wildman–Crippen LogP) is 2.06. The number of urea groups is 1. The van der Waals surface area contributed by atoms with Crippen LogP contribution in [-0.2, 0) is 4.79 Å². The summed E-state index contributed by atoms with van der Waals surface area (Å²) in [7, 11) is 0. The summed E-state index contributed by atoms with van der Waals surface area (Å²) in [6.45, 7) is 2.18. The van der Waals surface area contributed by atoms with Gasteiger partial charge >= 0.3 is 12.0 Å². The third-order valence-corrected chi connectivity index (χ3v) is 2.00. The molecule has 6 heteroatoms. The maximum absolute atomic E-state index is 13.6. The largest absolute Gasteiger partial charge is 0.478 e. The van der Waals surface area contributed by atoms with Crippen LogP contribution in [0.3, 0.4) is 0 Å². The number of anilines is 1. The van der Waals surface area contributed by atoms with Crippen molar-refractivity contribution in [2.75, 3.05) is 11.9 Å². The van der Waals surface area contributed by atoms with Crippen LogP contribution in [0.15, 0.2) is 24.3 Å².